The number of carbonyl (C=O) groups is 1. The Morgan fingerprint density at radius 2 is 2.05 bits per heavy atom. The average Bonchev–Trinajstić information content (AvgIpc) is 2.84. The van der Waals surface area contributed by atoms with Crippen molar-refractivity contribution < 1.29 is 4.79 Å². The molecule has 1 aliphatic rings. The minimum Gasteiger partial charge on any atom is -0.341 e. The maximum Gasteiger partial charge on any atom is 0.317 e. The second kappa shape index (κ2) is 4.88. The second-order valence-electron chi connectivity index (χ2n) is 4.77. The molecule has 0 spiro atoms. The zero-order chi connectivity index (χ0) is 14.1. The zero-order valence-corrected chi connectivity index (χ0v) is 11.2. The molecule has 0 saturated carbocycles. The van der Waals surface area contributed by atoms with Gasteiger partial charge in [-0.15, -0.1) is 0 Å². The molecule has 0 fully saturated rings. The van der Waals surface area contributed by atoms with E-state index >= 15 is 0 Å². The molecule has 6 nitrogen and oxygen atoms in total. The topological polar surface area (TPSA) is 70.1 Å². The van der Waals surface area contributed by atoms with Crippen LogP contribution in [0.1, 0.15) is 11.3 Å². The van der Waals surface area contributed by atoms with E-state index in [1.807, 2.05) is 30.3 Å². The summed E-state index contributed by atoms with van der Waals surface area (Å²) in [5.41, 5.74) is 2.31. The maximum atomic E-state index is 12.4. The van der Waals surface area contributed by atoms with Gasteiger partial charge in [-0.25, -0.2) is 9.48 Å². The molecule has 0 atom stereocenters. The lowest BCUT2D eigenvalue weighted by molar-refractivity contribution is 0.194. The van der Waals surface area contributed by atoms with Crippen LogP contribution in [0.4, 0.5) is 4.79 Å². The molecule has 0 radical (unpaired) electrons. The fraction of sp³-hybridized carbons (Fsp3) is 0.286. The summed E-state index contributed by atoms with van der Waals surface area (Å²) < 4.78 is 1.54. The minimum absolute atomic E-state index is 0.0835. The molecule has 2 amide bonds. The fourth-order valence-electron chi connectivity index (χ4n) is 2.49. The molecule has 0 unspecified atom stereocenters. The number of H-pyrrole nitrogens is 1. The van der Waals surface area contributed by atoms with E-state index in [1.54, 1.807) is 11.9 Å². The Kier molecular flexibility index (Phi) is 3.06. The molecule has 104 valence electrons. The molecule has 20 heavy (non-hydrogen) atoms. The lowest BCUT2D eigenvalue weighted by Gasteiger charge is -2.25. The molecule has 2 aromatic rings. The second-order valence-corrected chi connectivity index (χ2v) is 4.77. The molecule has 2 heterocycles. The smallest absolute Gasteiger partial charge is 0.317 e. The van der Waals surface area contributed by atoms with Crippen molar-refractivity contribution in [3.8, 4) is 5.69 Å². The Morgan fingerprint density at radius 3 is 2.75 bits per heavy atom. The molecule has 6 heteroatoms. The summed E-state index contributed by atoms with van der Waals surface area (Å²) in [6.07, 6.45) is 0.665. The molecule has 1 aromatic carbocycles. The highest BCUT2D eigenvalue weighted by Crippen LogP contribution is 2.15. The van der Waals surface area contributed by atoms with E-state index in [4.69, 9.17) is 0 Å². The van der Waals surface area contributed by atoms with Crippen molar-refractivity contribution in [2.24, 2.45) is 0 Å². The van der Waals surface area contributed by atoms with Crippen molar-refractivity contribution in [2.45, 2.75) is 13.0 Å². The number of rotatable bonds is 1. The number of aromatic nitrogens is 2. The molecule has 2 N–H and O–H groups in total. The van der Waals surface area contributed by atoms with E-state index in [0.29, 0.717) is 25.1 Å². The van der Waals surface area contributed by atoms with Crippen molar-refractivity contribution in [1.82, 2.24) is 20.0 Å². The number of hydrogen-bond acceptors (Lipinski definition) is 2. The lowest BCUT2D eigenvalue weighted by atomic mass is 10.1. The molecule has 1 aliphatic heterocycles. The highest BCUT2D eigenvalue weighted by atomic mass is 16.2. The van der Waals surface area contributed by atoms with E-state index in [0.717, 1.165) is 11.4 Å². The Hall–Kier alpha value is -2.50. The number of fused-ring (bicyclic) bond motifs is 1. The first-order chi connectivity index (χ1) is 9.70. The van der Waals surface area contributed by atoms with Crippen LogP contribution in [0.5, 0.6) is 0 Å². The van der Waals surface area contributed by atoms with Gasteiger partial charge < -0.3 is 10.2 Å². The number of amides is 2. The summed E-state index contributed by atoms with van der Waals surface area (Å²) in [5, 5.41) is 5.73. The number of hydrogen-bond donors (Lipinski definition) is 2. The SMILES string of the molecule is CNC(=O)N1CCc2[nH]n(-c3ccccc3)c(=O)c2C1. The van der Waals surface area contributed by atoms with E-state index in [-0.39, 0.29) is 11.6 Å². The number of nitrogens with one attached hydrogen (secondary N) is 2. The van der Waals surface area contributed by atoms with Gasteiger partial charge in [0, 0.05) is 25.7 Å². The summed E-state index contributed by atoms with van der Waals surface area (Å²) in [6, 6.07) is 9.28. The first kappa shape index (κ1) is 12.5. The summed E-state index contributed by atoms with van der Waals surface area (Å²) >= 11 is 0. The van der Waals surface area contributed by atoms with E-state index < -0.39 is 0 Å². The van der Waals surface area contributed by atoms with Crippen LogP contribution in [0, 0.1) is 0 Å². The molecular weight excluding hydrogens is 256 g/mol. The molecule has 1 aromatic heterocycles. The molecule has 0 aliphatic carbocycles. The van der Waals surface area contributed by atoms with Gasteiger partial charge in [0.05, 0.1) is 17.8 Å². The first-order valence-corrected chi connectivity index (χ1v) is 6.55. The van der Waals surface area contributed by atoms with Gasteiger partial charge in [-0.3, -0.25) is 9.89 Å². The fourth-order valence-corrected chi connectivity index (χ4v) is 2.49. The monoisotopic (exact) mass is 272 g/mol. The molecule has 3 rings (SSSR count). The third kappa shape index (κ3) is 1.99. The van der Waals surface area contributed by atoms with Crippen LogP contribution in [-0.4, -0.2) is 34.3 Å². The summed E-state index contributed by atoms with van der Waals surface area (Å²) in [6.45, 7) is 0.964. The van der Waals surface area contributed by atoms with Crippen LogP contribution in [0.2, 0.25) is 0 Å². The van der Waals surface area contributed by atoms with Crippen LogP contribution < -0.4 is 10.9 Å². The summed E-state index contributed by atoms with van der Waals surface area (Å²) in [5.74, 6) is 0. The van der Waals surface area contributed by atoms with E-state index in [2.05, 4.69) is 10.4 Å². The number of nitrogens with zero attached hydrogens (tertiary/aromatic N) is 2. The van der Waals surface area contributed by atoms with Gasteiger partial charge in [0.2, 0.25) is 0 Å². The van der Waals surface area contributed by atoms with Crippen LogP contribution >= 0.6 is 0 Å². The predicted octanol–water partition coefficient (Wildman–Crippen LogP) is 0.863. The van der Waals surface area contributed by atoms with Crippen LogP contribution in [-0.2, 0) is 13.0 Å². The van der Waals surface area contributed by atoms with Gasteiger partial charge in [0.15, 0.2) is 0 Å². The predicted molar refractivity (Wildman–Crippen MR) is 75.0 cm³/mol. The standard InChI is InChI=1S/C14H16N4O2/c1-15-14(20)17-8-7-12-11(9-17)13(19)18(16-12)10-5-3-2-4-6-10/h2-6,16H,7-9H2,1H3,(H,15,20). The normalized spacial score (nSPS) is 13.9. The van der Waals surface area contributed by atoms with Gasteiger partial charge in [0.25, 0.3) is 5.56 Å². The van der Waals surface area contributed by atoms with Crippen molar-refractivity contribution in [3.05, 3.63) is 51.9 Å². The van der Waals surface area contributed by atoms with Gasteiger partial charge in [-0.2, -0.15) is 0 Å². The molecule has 0 bridgehead atoms. The van der Waals surface area contributed by atoms with Gasteiger partial charge in [-0.05, 0) is 12.1 Å². The third-order valence-corrected chi connectivity index (χ3v) is 3.57. The van der Waals surface area contributed by atoms with Gasteiger partial charge in [0.1, 0.15) is 0 Å². The minimum atomic E-state index is -0.150. The number of urea groups is 1. The lowest BCUT2D eigenvalue weighted by Crippen LogP contribution is -2.42. The van der Waals surface area contributed by atoms with Crippen molar-refractivity contribution in [1.29, 1.82) is 0 Å². The first-order valence-electron chi connectivity index (χ1n) is 6.55. The number of aromatic amines is 1. The van der Waals surface area contributed by atoms with Crippen LogP contribution in [0.25, 0.3) is 5.69 Å². The Morgan fingerprint density at radius 1 is 1.30 bits per heavy atom. The number of benzene rings is 1. The maximum absolute atomic E-state index is 12.4. The highest BCUT2D eigenvalue weighted by molar-refractivity contribution is 5.74. The third-order valence-electron chi connectivity index (χ3n) is 3.57. The van der Waals surface area contributed by atoms with E-state index in [9.17, 15) is 9.59 Å². The molecular formula is C14H16N4O2. The number of carbonyl (C=O) groups excluding carboxylic acids is 1. The molecule has 0 saturated heterocycles. The zero-order valence-electron chi connectivity index (χ0n) is 11.2. The van der Waals surface area contributed by atoms with Gasteiger partial charge in [-0.1, -0.05) is 18.2 Å². The Labute approximate surface area is 116 Å². The summed E-state index contributed by atoms with van der Waals surface area (Å²) in [4.78, 5) is 25.8. The van der Waals surface area contributed by atoms with Crippen LogP contribution in [0.15, 0.2) is 35.1 Å². The van der Waals surface area contributed by atoms with E-state index in [1.165, 1.54) is 4.68 Å². The van der Waals surface area contributed by atoms with Crippen molar-refractivity contribution in [2.75, 3.05) is 13.6 Å². The quantitative estimate of drug-likeness (QED) is 0.808. The highest BCUT2D eigenvalue weighted by Gasteiger charge is 2.25. The Bertz CT molecular complexity index is 687. The van der Waals surface area contributed by atoms with Crippen molar-refractivity contribution in [3.63, 3.8) is 0 Å². The summed E-state index contributed by atoms with van der Waals surface area (Å²) in [7, 11) is 1.59. The van der Waals surface area contributed by atoms with Gasteiger partial charge >= 0.3 is 6.03 Å². The Balaban J connectivity index is 1.99. The largest absolute Gasteiger partial charge is 0.341 e. The van der Waals surface area contributed by atoms with Crippen LogP contribution in [0.3, 0.4) is 0 Å². The average molecular weight is 272 g/mol. The van der Waals surface area contributed by atoms with Crippen molar-refractivity contribution >= 4 is 6.03 Å². The number of para-hydroxylation sites is 1.